The highest BCUT2D eigenvalue weighted by atomic mass is 32.2. The summed E-state index contributed by atoms with van der Waals surface area (Å²) in [4.78, 5) is 12.2. The first-order chi connectivity index (χ1) is 10.8. The van der Waals surface area contributed by atoms with Gasteiger partial charge in [0.2, 0.25) is 10.0 Å². The fourth-order valence-electron chi connectivity index (χ4n) is 3.07. The van der Waals surface area contributed by atoms with E-state index in [4.69, 9.17) is 0 Å². The van der Waals surface area contributed by atoms with Crippen LogP contribution in [0, 0.1) is 12.8 Å². The number of carbonyl (C=O) groups is 1. The molecule has 0 aliphatic heterocycles. The Morgan fingerprint density at radius 3 is 2.61 bits per heavy atom. The second-order valence-corrected chi connectivity index (χ2v) is 8.20. The smallest absolute Gasteiger partial charge is 0.251 e. The SMILES string of the molecule is Cc1ccc(C(=O)NCCCC2CCCC2)cc1NS(C)(=O)=O. The number of hydrogen-bond acceptors (Lipinski definition) is 3. The highest BCUT2D eigenvalue weighted by molar-refractivity contribution is 7.92. The summed E-state index contributed by atoms with van der Waals surface area (Å²) in [5, 5.41) is 2.92. The van der Waals surface area contributed by atoms with Crippen LogP contribution in [0.5, 0.6) is 0 Å². The van der Waals surface area contributed by atoms with Crippen molar-refractivity contribution in [2.45, 2.75) is 45.4 Å². The number of sulfonamides is 1. The van der Waals surface area contributed by atoms with Crippen molar-refractivity contribution in [1.29, 1.82) is 0 Å². The predicted octanol–water partition coefficient (Wildman–Crippen LogP) is 3.07. The molecule has 2 N–H and O–H groups in total. The minimum Gasteiger partial charge on any atom is -0.352 e. The Balaban J connectivity index is 1.87. The van der Waals surface area contributed by atoms with Crippen molar-refractivity contribution in [3.05, 3.63) is 29.3 Å². The Labute approximate surface area is 138 Å². The highest BCUT2D eigenvalue weighted by Crippen LogP contribution is 2.28. The Hall–Kier alpha value is -1.56. The molecule has 0 bridgehead atoms. The van der Waals surface area contributed by atoms with Gasteiger partial charge in [-0.2, -0.15) is 0 Å². The third-order valence-electron chi connectivity index (χ3n) is 4.34. The maximum absolute atomic E-state index is 12.2. The maximum Gasteiger partial charge on any atom is 0.251 e. The summed E-state index contributed by atoms with van der Waals surface area (Å²) in [7, 11) is -3.35. The summed E-state index contributed by atoms with van der Waals surface area (Å²) >= 11 is 0. The molecule has 0 unspecified atom stereocenters. The molecule has 0 radical (unpaired) electrons. The van der Waals surface area contributed by atoms with Gasteiger partial charge in [0.05, 0.1) is 11.9 Å². The van der Waals surface area contributed by atoms with E-state index < -0.39 is 10.0 Å². The monoisotopic (exact) mass is 338 g/mol. The number of rotatable bonds is 7. The van der Waals surface area contributed by atoms with Gasteiger partial charge in [0.1, 0.15) is 0 Å². The van der Waals surface area contributed by atoms with Gasteiger partial charge in [-0.25, -0.2) is 8.42 Å². The van der Waals surface area contributed by atoms with Gasteiger partial charge >= 0.3 is 0 Å². The normalized spacial score (nSPS) is 15.6. The van der Waals surface area contributed by atoms with E-state index in [1.54, 1.807) is 25.1 Å². The van der Waals surface area contributed by atoms with E-state index in [1.165, 1.54) is 32.1 Å². The molecule has 0 heterocycles. The Morgan fingerprint density at radius 1 is 1.26 bits per heavy atom. The van der Waals surface area contributed by atoms with Crippen LogP contribution in [0.4, 0.5) is 5.69 Å². The molecular weight excluding hydrogens is 312 g/mol. The number of amides is 1. The maximum atomic E-state index is 12.2. The second kappa shape index (κ2) is 7.81. The van der Waals surface area contributed by atoms with Gasteiger partial charge in [-0.15, -0.1) is 0 Å². The van der Waals surface area contributed by atoms with Crippen molar-refractivity contribution >= 4 is 21.6 Å². The molecule has 0 atom stereocenters. The van der Waals surface area contributed by atoms with Crippen LogP contribution in [0.15, 0.2) is 18.2 Å². The number of carbonyl (C=O) groups excluding carboxylic acids is 1. The average Bonchev–Trinajstić information content (AvgIpc) is 2.97. The van der Waals surface area contributed by atoms with Crippen LogP contribution in [0.3, 0.4) is 0 Å². The number of nitrogens with one attached hydrogen (secondary N) is 2. The molecule has 6 heteroatoms. The fourth-order valence-corrected chi connectivity index (χ4v) is 3.69. The molecule has 1 aliphatic carbocycles. The molecule has 2 rings (SSSR count). The second-order valence-electron chi connectivity index (χ2n) is 6.45. The summed E-state index contributed by atoms with van der Waals surface area (Å²) < 4.78 is 25.2. The van der Waals surface area contributed by atoms with Gasteiger partial charge in [-0.3, -0.25) is 9.52 Å². The molecule has 1 aromatic rings. The Bertz CT molecular complexity index is 650. The summed E-state index contributed by atoms with van der Waals surface area (Å²) in [6, 6.07) is 5.05. The minimum absolute atomic E-state index is 0.159. The highest BCUT2D eigenvalue weighted by Gasteiger charge is 2.15. The Morgan fingerprint density at radius 2 is 1.96 bits per heavy atom. The Kier molecular flexibility index (Phi) is 6.04. The lowest BCUT2D eigenvalue weighted by Crippen LogP contribution is -2.25. The van der Waals surface area contributed by atoms with Gasteiger partial charge < -0.3 is 5.32 Å². The van der Waals surface area contributed by atoms with Gasteiger partial charge in [-0.1, -0.05) is 31.7 Å². The van der Waals surface area contributed by atoms with Crippen molar-refractivity contribution in [2.75, 3.05) is 17.5 Å². The van der Waals surface area contributed by atoms with Crippen LogP contribution < -0.4 is 10.0 Å². The molecule has 1 fully saturated rings. The van der Waals surface area contributed by atoms with Crippen LogP contribution in [0.1, 0.15) is 54.4 Å². The van der Waals surface area contributed by atoms with E-state index in [0.29, 0.717) is 17.8 Å². The molecule has 0 aromatic heterocycles. The summed E-state index contributed by atoms with van der Waals surface area (Å²) in [5.74, 6) is 0.671. The van der Waals surface area contributed by atoms with Gasteiger partial charge in [0.15, 0.2) is 0 Å². The molecule has 1 aromatic carbocycles. The first-order valence-electron chi connectivity index (χ1n) is 8.22. The van der Waals surface area contributed by atoms with Crippen molar-refractivity contribution in [3.63, 3.8) is 0 Å². The van der Waals surface area contributed by atoms with Gasteiger partial charge in [-0.05, 0) is 43.4 Å². The largest absolute Gasteiger partial charge is 0.352 e. The van der Waals surface area contributed by atoms with E-state index >= 15 is 0 Å². The average molecular weight is 338 g/mol. The molecule has 5 nitrogen and oxygen atoms in total. The molecule has 0 saturated heterocycles. The molecular formula is C17H26N2O3S. The van der Waals surface area contributed by atoms with Crippen molar-refractivity contribution in [2.24, 2.45) is 5.92 Å². The lowest BCUT2D eigenvalue weighted by Gasteiger charge is -2.11. The number of aryl methyl sites for hydroxylation is 1. The molecule has 1 saturated carbocycles. The predicted molar refractivity (Wildman–Crippen MR) is 93.2 cm³/mol. The first kappa shape index (κ1) is 17.8. The van der Waals surface area contributed by atoms with E-state index in [2.05, 4.69) is 10.0 Å². The van der Waals surface area contributed by atoms with Crippen LogP contribution >= 0.6 is 0 Å². The zero-order chi connectivity index (χ0) is 16.9. The lowest BCUT2D eigenvalue weighted by molar-refractivity contribution is 0.0952. The molecule has 0 spiro atoms. The summed E-state index contributed by atoms with van der Waals surface area (Å²) in [6.07, 6.45) is 8.61. The van der Waals surface area contributed by atoms with E-state index in [-0.39, 0.29) is 5.91 Å². The quantitative estimate of drug-likeness (QED) is 0.750. The van der Waals surface area contributed by atoms with Gasteiger partial charge in [0, 0.05) is 12.1 Å². The van der Waals surface area contributed by atoms with Crippen molar-refractivity contribution in [1.82, 2.24) is 5.32 Å². The number of anilines is 1. The summed E-state index contributed by atoms with van der Waals surface area (Å²) in [6.45, 7) is 2.47. The lowest BCUT2D eigenvalue weighted by atomic mass is 10.0. The van der Waals surface area contributed by atoms with Gasteiger partial charge in [0.25, 0.3) is 5.91 Å². The summed E-state index contributed by atoms with van der Waals surface area (Å²) in [5.41, 5.74) is 1.71. The van der Waals surface area contributed by atoms with E-state index in [0.717, 1.165) is 24.2 Å². The van der Waals surface area contributed by atoms with Crippen LogP contribution in [-0.4, -0.2) is 27.1 Å². The molecule has 1 amide bonds. The van der Waals surface area contributed by atoms with E-state index in [1.807, 2.05) is 0 Å². The number of hydrogen-bond donors (Lipinski definition) is 2. The van der Waals surface area contributed by atoms with Crippen LogP contribution in [0.25, 0.3) is 0 Å². The topological polar surface area (TPSA) is 75.3 Å². The van der Waals surface area contributed by atoms with Crippen LogP contribution in [-0.2, 0) is 10.0 Å². The van der Waals surface area contributed by atoms with Crippen molar-refractivity contribution in [3.8, 4) is 0 Å². The zero-order valence-corrected chi connectivity index (χ0v) is 14.7. The number of benzene rings is 1. The first-order valence-corrected chi connectivity index (χ1v) is 10.1. The van der Waals surface area contributed by atoms with Crippen molar-refractivity contribution < 1.29 is 13.2 Å². The third-order valence-corrected chi connectivity index (χ3v) is 4.94. The van der Waals surface area contributed by atoms with E-state index in [9.17, 15) is 13.2 Å². The molecule has 23 heavy (non-hydrogen) atoms. The minimum atomic E-state index is -3.35. The third kappa shape index (κ3) is 5.86. The van der Waals surface area contributed by atoms with Crippen LogP contribution in [0.2, 0.25) is 0 Å². The molecule has 1 aliphatic rings. The molecule has 128 valence electrons. The standard InChI is InChI=1S/C17H26N2O3S/c1-13-9-10-15(12-16(13)19-23(2,21)22)17(20)18-11-5-8-14-6-3-4-7-14/h9-10,12,14,19H,3-8,11H2,1-2H3,(H,18,20). The zero-order valence-electron chi connectivity index (χ0n) is 13.9. The fraction of sp³-hybridized carbons (Fsp3) is 0.588.